The topological polar surface area (TPSA) is 72.8 Å². The normalized spacial score (nSPS) is 12.8. The molecule has 0 fully saturated rings. The first-order valence-corrected chi connectivity index (χ1v) is 5.16. The van der Waals surface area contributed by atoms with Crippen LogP contribution in [-0.2, 0) is 19.1 Å². The first-order valence-electron chi connectivity index (χ1n) is 5.16. The number of aliphatic hydroxyl groups excluding tert-OH is 1. The molecule has 0 aromatic rings. The van der Waals surface area contributed by atoms with Crippen molar-refractivity contribution >= 4 is 11.9 Å². The van der Waals surface area contributed by atoms with Gasteiger partial charge in [0, 0.05) is 17.6 Å². The van der Waals surface area contributed by atoms with Gasteiger partial charge in [0.15, 0.2) is 0 Å². The number of allylic oxidation sites excluding steroid dienone is 1. The second-order valence-corrected chi connectivity index (χ2v) is 3.52. The quantitative estimate of drug-likeness (QED) is 0.555. The van der Waals surface area contributed by atoms with Crippen molar-refractivity contribution in [2.45, 2.75) is 26.4 Å². The summed E-state index contributed by atoms with van der Waals surface area (Å²) in [5, 5.41) is 9.50. The van der Waals surface area contributed by atoms with Crippen LogP contribution in [-0.4, -0.2) is 36.9 Å². The molecule has 0 saturated heterocycles. The third kappa shape index (κ3) is 5.87. The molecule has 0 amide bonds. The molecule has 0 radical (unpaired) electrons. The van der Waals surface area contributed by atoms with Crippen LogP contribution in [0.2, 0.25) is 0 Å². The van der Waals surface area contributed by atoms with Gasteiger partial charge in [-0.05, 0) is 13.8 Å². The summed E-state index contributed by atoms with van der Waals surface area (Å²) in [7, 11) is 1.23. The van der Waals surface area contributed by atoms with Crippen molar-refractivity contribution in [3.8, 4) is 0 Å². The summed E-state index contributed by atoms with van der Waals surface area (Å²) in [6.07, 6.45) is 0.659. The molecule has 0 spiro atoms. The van der Waals surface area contributed by atoms with Crippen LogP contribution in [0.5, 0.6) is 0 Å². The van der Waals surface area contributed by atoms with E-state index in [9.17, 15) is 14.7 Å². The van der Waals surface area contributed by atoms with Gasteiger partial charge in [-0.15, -0.1) is 0 Å². The van der Waals surface area contributed by atoms with E-state index in [0.717, 1.165) is 0 Å². The molecule has 17 heavy (non-hydrogen) atoms. The molecule has 0 saturated carbocycles. The molecule has 5 heteroatoms. The first kappa shape index (κ1) is 15.4. The van der Waals surface area contributed by atoms with Crippen LogP contribution in [0, 0.1) is 0 Å². The third-order valence-electron chi connectivity index (χ3n) is 2.12. The van der Waals surface area contributed by atoms with E-state index in [2.05, 4.69) is 11.3 Å². The monoisotopic (exact) mass is 242 g/mol. The second kappa shape index (κ2) is 7.62. The molecule has 0 rings (SSSR count). The molecule has 1 unspecified atom stereocenters. The third-order valence-corrected chi connectivity index (χ3v) is 2.12. The smallest absolute Gasteiger partial charge is 0.333 e. The molecule has 96 valence electrons. The van der Waals surface area contributed by atoms with Gasteiger partial charge in [-0.3, -0.25) is 0 Å². The van der Waals surface area contributed by atoms with Crippen LogP contribution >= 0.6 is 0 Å². The van der Waals surface area contributed by atoms with Crippen molar-refractivity contribution in [3.05, 3.63) is 23.8 Å². The van der Waals surface area contributed by atoms with Crippen LogP contribution in [0.15, 0.2) is 23.8 Å². The molecule has 1 atom stereocenters. The lowest BCUT2D eigenvalue weighted by atomic mass is 10.1. The molecule has 0 aliphatic carbocycles. The predicted octanol–water partition coefficient (Wildman–Crippen LogP) is 0.976. The highest BCUT2D eigenvalue weighted by atomic mass is 16.5. The van der Waals surface area contributed by atoms with Crippen LogP contribution < -0.4 is 0 Å². The van der Waals surface area contributed by atoms with Gasteiger partial charge in [-0.1, -0.05) is 12.7 Å². The van der Waals surface area contributed by atoms with Gasteiger partial charge in [0.1, 0.15) is 6.61 Å². The standard InChI is InChI=1S/C12H18O5/c1-5-8(2)12(15)17-7-10(13)6-9(3)11(14)16-4/h5,10,13H,3,6-7H2,1-2,4H3. The molecular formula is C12H18O5. The molecule has 0 aromatic heterocycles. The van der Waals surface area contributed by atoms with E-state index in [0.29, 0.717) is 5.57 Å². The van der Waals surface area contributed by atoms with E-state index in [1.54, 1.807) is 19.9 Å². The average Bonchev–Trinajstić information content (AvgIpc) is 2.33. The zero-order valence-electron chi connectivity index (χ0n) is 10.4. The van der Waals surface area contributed by atoms with Gasteiger partial charge in [0.25, 0.3) is 0 Å². The molecule has 0 aromatic carbocycles. The van der Waals surface area contributed by atoms with Crippen molar-refractivity contribution in [2.24, 2.45) is 0 Å². The highest BCUT2D eigenvalue weighted by Crippen LogP contribution is 2.06. The van der Waals surface area contributed by atoms with E-state index in [1.807, 2.05) is 0 Å². The van der Waals surface area contributed by atoms with Gasteiger partial charge < -0.3 is 14.6 Å². The molecule has 1 N–H and O–H groups in total. The van der Waals surface area contributed by atoms with Gasteiger partial charge in [0.05, 0.1) is 13.2 Å². The Balaban J connectivity index is 4.04. The Labute approximate surface area is 101 Å². The Morgan fingerprint density at radius 2 is 2.00 bits per heavy atom. The zero-order valence-corrected chi connectivity index (χ0v) is 10.4. The van der Waals surface area contributed by atoms with Gasteiger partial charge in [-0.25, -0.2) is 9.59 Å². The Morgan fingerprint density at radius 1 is 1.41 bits per heavy atom. The summed E-state index contributed by atoms with van der Waals surface area (Å²) < 4.78 is 9.25. The van der Waals surface area contributed by atoms with E-state index in [-0.39, 0.29) is 18.6 Å². The summed E-state index contributed by atoms with van der Waals surface area (Å²) in [6, 6.07) is 0. The second-order valence-electron chi connectivity index (χ2n) is 3.52. The SMILES string of the molecule is C=C(CC(O)COC(=O)C(C)=CC)C(=O)OC. The minimum atomic E-state index is -0.963. The number of rotatable bonds is 6. The zero-order chi connectivity index (χ0) is 13.4. The van der Waals surface area contributed by atoms with Crippen molar-refractivity contribution in [3.63, 3.8) is 0 Å². The maximum Gasteiger partial charge on any atom is 0.333 e. The fraction of sp³-hybridized carbons (Fsp3) is 0.500. The lowest BCUT2D eigenvalue weighted by Crippen LogP contribution is -2.21. The highest BCUT2D eigenvalue weighted by molar-refractivity contribution is 5.88. The number of aliphatic hydroxyl groups is 1. The van der Waals surface area contributed by atoms with Crippen LogP contribution in [0.4, 0.5) is 0 Å². The van der Waals surface area contributed by atoms with E-state index in [1.165, 1.54) is 7.11 Å². The number of esters is 2. The number of methoxy groups -OCH3 is 1. The molecule has 0 aliphatic rings. The lowest BCUT2D eigenvalue weighted by molar-refractivity contribution is -0.142. The highest BCUT2D eigenvalue weighted by Gasteiger charge is 2.15. The molecule has 0 heterocycles. The Morgan fingerprint density at radius 3 is 2.47 bits per heavy atom. The van der Waals surface area contributed by atoms with Crippen LogP contribution in [0.1, 0.15) is 20.3 Å². The van der Waals surface area contributed by atoms with E-state index >= 15 is 0 Å². The number of carbonyl (C=O) groups excluding carboxylic acids is 2. The summed E-state index contributed by atoms with van der Waals surface area (Å²) in [5.41, 5.74) is 0.600. The van der Waals surface area contributed by atoms with Crippen molar-refractivity contribution in [1.82, 2.24) is 0 Å². The number of hydrogen-bond acceptors (Lipinski definition) is 5. The summed E-state index contributed by atoms with van der Waals surface area (Å²) >= 11 is 0. The van der Waals surface area contributed by atoms with Crippen molar-refractivity contribution < 1.29 is 24.2 Å². The summed E-state index contributed by atoms with van der Waals surface area (Å²) in [5.74, 6) is -1.07. The molecular weight excluding hydrogens is 224 g/mol. The van der Waals surface area contributed by atoms with Crippen LogP contribution in [0.25, 0.3) is 0 Å². The van der Waals surface area contributed by atoms with Crippen molar-refractivity contribution in [2.75, 3.05) is 13.7 Å². The molecule has 5 nitrogen and oxygen atoms in total. The van der Waals surface area contributed by atoms with E-state index in [4.69, 9.17) is 4.74 Å². The average molecular weight is 242 g/mol. The molecule has 0 aliphatic heterocycles. The predicted molar refractivity (Wildman–Crippen MR) is 62.2 cm³/mol. The Bertz CT molecular complexity index is 330. The minimum Gasteiger partial charge on any atom is -0.466 e. The largest absolute Gasteiger partial charge is 0.466 e. The molecule has 0 bridgehead atoms. The van der Waals surface area contributed by atoms with Gasteiger partial charge in [0.2, 0.25) is 0 Å². The van der Waals surface area contributed by atoms with E-state index < -0.39 is 18.0 Å². The summed E-state index contributed by atoms with van der Waals surface area (Å²) in [6.45, 7) is 6.60. The van der Waals surface area contributed by atoms with Crippen LogP contribution in [0.3, 0.4) is 0 Å². The van der Waals surface area contributed by atoms with Gasteiger partial charge in [-0.2, -0.15) is 0 Å². The maximum atomic E-state index is 11.2. The number of hydrogen-bond donors (Lipinski definition) is 1. The number of ether oxygens (including phenoxy) is 2. The fourth-order valence-electron chi connectivity index (χ4n) is 0.975. The lowest BCUT2D eigenvalue weighted by Gasteiger charge is -2.12. The first-order chi connectivity index (χ1) is 7.92. The Hall–Kier alpha value is -1.62. The van der Waals surface area contributed by atoms with Gasteiger partial charge >= 0.3 is 11.9 Å². The summed E-state index contributed by atoms with van der Waals surface area (Å²) in [4.78, 5) is 22.2. The maximum absolute atomic E-state index is 11.2. The van der Waals surface area contributed by atoms with Crippen molar-refractivity contribution in [1.29, 1.82) is 0 Å². The fourth-order valence-corrected chi connectivity index (χ4v) is 0.975. The Kier molecular flexibility index (Phi) is 6.89. The number of carbonyl (C=O) groups is 2. The minimum absolute atomic E-state index is 0.00877.